The molecule has 0 spiro atoms. The lowest BCUT2D eigenvalue weighted by Gasteiger charge is -2.04. The van der Waals surface area contributed by atoms with Crippen molar-refractivity contribution in [1.29, 1.82) is 0 Å². The Kier molecular flexibility index (Phi) is 3.41. The van der Waals surface area contributed by atoms with E-state index in [0.29, 0.717) is 12.8 Å². The summed E-state index contributed by atoms with van der Waals surface area (Å²) in [5.74, 6) is 0. The van der Waals surface area contributed by atoms with E-state index in [0.717, 1.165) is 0 Å². The van der Waals surface area contributed by atoms with Crippen molar-refractivity contribution >= 4 is 61.0 Å². The maximum absolute atomic E-state index is 10.9. The second-order valence-electron chi connectivity index (χ2n) is 2.29. The van der Waals surface area contributed by atoms with Crippen LogP contribution >= 0.6 is 45.2 Å². The Morgan fingerprint density at radius 3 is 1.92 bits per heavy atom. The number of rotatable bonds is 1. The number of nitrogen functional groups attached to an aromatic ring is 1. The molecule has 1 rings (SSSR count). The van der Waals surface area contributed by atoms with Gasteiger partial charge in [0.1, 0.15) is 4.90 Å². The van der Waals surface area contributed by atoms with Crippen LogP contribution in [0.25, 0.3) is 0 Å². The van der Waals surface area contributed by atoms with Crippen molar-refractivity contribution in [3.8, 4) is 0 Å². The van der Waals surface area contributed by atoms with Crippen molar-refractivity contribution in [2.45, 2.75) is 4.90 Å². The summed E-state index contributed by atoms with van der Waals surface area (Å²) in [5.41, 5.74) is 5.96. The van der Waals surface area contributed by atoms with Crippen LogP contribution in [0.3, 0.4) is 0 Å². The highest BCUT2D eigenvalue weighted by molar-refractivity contribution is 14.1. The summed E-state index contributed by atoms with van der Waals surface area (Å²) < 4.78 is 31.5. The summed E-state index contributed by atoms with van der Waals surface area (Å²) in [5, 5.41) is 0. The molecule has 4 nitrogen and oxygen atoms in total. The Labute approximate surface area is 103 Å². The average Bonchev–Trinajstić information content (AvgIpc) is 1.78. The third-order valence-corrected chi connectivity index (χ3v) is 4.67. The molecule has 0 aliphatic rings. The summed E-state index contributed by atoms with van der Waals surface area (Å²) in [6.07, 6.45) is 0. The van der Waals surface area contributed by atoms with Gasteiger partial charge in [-0.3, -0.25) is 4.55 Å². The van der Waals surface area contributed by atoms with Gasteiger partial charge in [-0.2, -0.15) is 8.42 Å². The van der Waals surface area contributed by atoms with E-state index in [1.54, 1.807) is 0 Å². The zero-order chi connectivity index (χ0) is 10.2. The molecule has 1 aromatic carbocycles. The molecular formula is C6H5I2NO3S. The molecule has 0 radical (unpaired) electrons. The van der Waals surface area contributed by atoms with Crippen LogP contribution in [0.2, 0.25) is 0 Å². The molecule has 0 amide bonds. The molecule has 3 N–H and O–H groups in total. The summed E-state index contributed by atoms with van der Waals surface area (Å²) in [6, 6.07) is 2.98. The highest BCUT2D eigenvalue weighted by Crippen LogP contribution is 2.26. The van der Waals surface area contributed by atoms with Gasteiger partial charge in [0.2, 0.25) is 0 Å². The smallest absolute Gasteiger partial charge is 0.296 e. The van der Waals surface area contributed by atoms with Crippen molar-refractivity contribution in [1.82, 2.24) is 0 Å². The van der Waals surface area contributed by atoms with Gasteiger partial charge in [0.05, 0.1) is 0 Å². The normalized spacial score (nSPS) is 11.6. The van der Waals surface area contributed by atoms with Crippen LogP contribution in [0.1, 0.15) is 0 Å². The largest absolute Gasteiger partial charge is 0.399 e. The molecule has 7 heteroatoms. The Balaban J connectivity index is 3.57. The third kappa shape index (κ3) is 2.67. The first-order chi connectivity index (χ1) is 5.82. The Morgan fingerprint density at radius 2 is 1.62 bits per heavy atom. The fraction of sp³-hybridized carbons (Fsp3) is 0. The molecule has 72 valence electrons. The van der Waals surface area contributed by atoms with Gasteiger partial charge < -0.3 is 5.73 Å². The fourth-order valence-electron chi connectivity index (χ4n) is 0.826. The van der Waals surface area contributed by atoms with Gasteiger partial charge in [0.15, 0.2) is 0 Å². The molecule has 0 unspecified atom stereocenters. The fourth-order valence-corrected chi connectivity index (χ4v) is 4.92. The molecular weight excluding hydrogens is 420 g/mol. The van der Waals surface area contributed by atoms with Gasteiger partial charge in [-0.05, 0) is 57.3 Å². The maximum atomic E-state index is 10.9. The van der Waals surface area contributed by atoms with Crippen molar-refractivity contribution in [2.24, 2.45) is 0 Å². The number of anilines is 1. The van der Waals surface area contributed by atoms with Crippen molar-refractivity contribution in [2.75, 3.05) is 5.73 Å². The molecule has 0 aliphatic heterocycles. The van der Waals surface area contributed by atoms with Crippen LogP contribution in [-0.2, 0) is 10.1 Å². The molecule has 0 fully saturated rings. The van der Waals surface area contributed by atoms with Gasteiger partial charge in [-0.25, -0.2) is 0 Å². The third-order valence-electron chi connectivity index (χ3n) is 1.28. The number of halogens is 2. The first kappa shape index (κ1) is 11.5. The van der Waals surface area contributed by atoms with E-state index in [4.69, 9.17) is 10.3 Å². The van der Waals surface area contributed by atoms with Gasteiger partial charge in [0, 0.05) is 12.8 Å². The molecule has 0 aliphatic carbocycles. The van der Waals surface area contributed by atoms with E-state index in [9.17, 15) is 8.42 Å². The minimum absolute atomic E-state index is 0.0806. The lowest BCUT2D eigenvalue weighted by Crippen LogP contribution is -2.04. The Bertz CT molecular complexity index is 420. The van der Waals surface area contributed by atoms with E-state index < -0.39 is 10.1 Å². The average molecular weight is 425 g/mol. The second-order valence-corrected chi connectivity index (χ2v) is 5.97. The molecule has 0 saturated carbocycles. The summed E-state index contributed by atoms with van der Waals surface area (Å²) in [4.78, 5) is -0.0806. The van der Waals surface area contributed by atoms with Crippen LogP contribution in [0, 0.1) is 7.14 Å². The van der Waals surface area contributed by atoms with Crippen LogP contribution < -0.4 is 5.73 Å². The Hall–Kier alpha value is 0.390. The van der Waals surface area contributed by atoms with E-state index >= 15 is 0 Å². The van der Waals surface area contributed by atoms with Gasteiger partial charge in [0.25, 0.3) is 10.1 Å². The topological polar surface area (TPSA) is 80.4 Å². The van der Waals surface area contributed by atoms with E-state index in [1.165, 1.54) is 12.1 Å². The summed E-state index contributed by atoms with van der Waals surface area (Å²) in [6.45, 7) is 0. The van der Waals surface area contributed by atoms with Crippen LogP contribution in [0.15, 0.2) is 17.0 Å². The zero-order valence-electron chi connectivity index (χ0n) is 6.16. The number of benzene rings is 1. The van der Waals surface area contributed by atoms with Gasteiger partial charge >= 0.3 is 0 Å². The highest BCUT2D eigenvalue weighted by Gasteiger charge is 2.18. The van der Waals surface area contributed by atoms with Gasteiger partial charge in [-0.1, -0.05) is 0 Å². The monoisotopic (exact) mass is 425 g/mol. The molecule has 0 bridgehead atoms. The first-order valence-corrected chi connectivity index (χ1v) is 6.64. The predicted octanol–water partition coefficient (Wildman–Crippen LogP) is 1.72. The summed E-state index contributed by atoms with van der Waals surface area (Å²) in [7, 11) is -4.15. The molecule has 0 aromatic heterocycles. The molecule has 0 heterocycles. The first-order valence-electron chi connectivity index (χ1n) is 3.04. The van der Waals surface area contributed by atoms with Gasteiger partial charge in [-0.15, -0.1) is 0 Å². The summed E-state index contributed by atoms with van der Waals surface area (Å²) >= 11 is 3.63. The Morgan fingerprint density at radius 1 is 1.23 bits per heavy atom. The van der Waals surface area contributed by atoms with Crippen molar-refractivity contribution in [3.05, 3.63) is 19.3 Å². The number of nitrogens with two attached hydrogens (primary N) is 1. The zero-order valence-corrected chi connectivity index (χ0v) is 11.3. The molecule has 0 saturated heterocycles. The minimum atomic E-state index is -4.15. The standard InChI is InChI=1S/C6H5I2NO3S/c7-4-1-3(9)2-5(8)6(4)13(10,11)12/h1-2H,9H2,(H,10,11,12). The highest BCUT2D eigenvalue weighted by atomic mass is 127. The van der Waals surface area contributed by atoms with Crippen molar-refractivity contribution < 1.29 is 13.0 Å². The molecule has 0 atom stereocenters. The van der Waals surface area contributed by atoms with E-state index in [2.05, 4.69) is 0 Å². The molecule has 1 aromatic rings. The van der Waals surface area contributed by atoms with Crippen LogP contribution in [0.4, 0.5) is 5.69 Å². The number of hydrogen-bond acceptors (Lipinski definition) is 3. The predicted molar refractivity (Wildman–Crippen MR) is 66.1 cm³/mol. The lowest BCUT2D eigenvalue weighted by atomic mass is 10.3. The van der Waals surface area contributed by atoms with E-state index in [-0.39, 0.29) is 4.90 Å². The minimum Gasteiger partial charge on any atom is -0.399 e. The lowest BCUT2D eigenvalue weighted by molar-refractivity contribution is 0.482. The molecule has 13 heavy (non-hydrogen) atoms. The van der Waals surface area contributed by atoms with Crippen LogP contribution in [-0.4, -0.2) is 13.0 Å². The van der Waals surface area contributed by atoms with Crippen LogP contribution in [0.5, 0.6) is 0 Å². The second kappa shape index (κ2) is 3.87. The SMILES string of the molecule is Nc1cc(I)c(S(=O)(=O)O)c(I)c1. The quantitative estimate of drug-likeness (QED) is 0.408. The van der Waals surface area contributed by atoms with Crippen molar-refractivity contribution in [3.63, 3.8) is 0 Å². The number of hydrogen-bond donors (Lipinski definition) is 2. The maximum Gasteiger partial charge on any atom is 0.296 e. The van der Waals surface area contributed by atoms with E-state index in [1.807, 2.05) is 45.2 Å².